The van der Waals surface area contributed by atoms with E-state index < -0.39 is 0 Å². The standard InChI is InChI=1S/C25H29BrN8O2/c1-15-4-5-20-16(10-15)11-17(12-29-20)19-13-30-34-23(27)22(26)21(31-24(19)34)14-28-18-6-8-33(9-7-18)25(35)32(2)36-3/h4-5,10-13,18,28H,6-9,14,27H2,1-3H3. The van der Waals surface area contributed by atoms with Gasteiger partial charge in [0.25, 0.3) is 0 Å². The number of nitrogens with zero attached hydrogens (tertiary/aromatic N) is 6. The number of nitrogen functional groups attached to an aromatic ring is 1. The van der Waals surface area contributed by atoms with Crippen LogP contribution in [0.3, 0.4) is 0 Å². The lowest BCUT2D eigenvalue weighted by atomic mass is 10.1. The monoisotopic (exact) mass is 552 g/mol. The van der Waals surface area contributed by atoms with Crippen molar-refractivity contribution in [3.05, 3.63) is 52.4 Å². The molecule has 36 heavy (non-hydrogen) atoms. The average Bonchev–Trinajstić information content (AvgIpc) is 3.32. The van der Waals surface area contributed by atoms with E-state index in [4.69, 9.17) is 15.6 Å². The minimum absolute atomic E-state index is 0.120. The van der Waals surface area contributed by atoms with E-state index in [2.05, 4.69) is 56.5 Å². The number of hydroxylamine groups is 2. The normalized spacial score (nSPS) is 14.6. The second-order valence-corrected chi connectivity index (χ2v) is 9.87. The first-order chi connectivity index (χ1) is 17.4. The summed E-state index contributed by atoms with van der Waals surface area (Å²) in [5, 5.41) is 10.4. The summed E-state index contributed by atoms with van der Waals surface area (Å²) in [7, 11) is 3.11. The number of piperidine rings is 1. The Balaban J connectivity index is 1.36. The van der Waals surface area contributed by atoms with E-state index in [0.29, 0.717) is 31.1 Å². The summed E-state index contributed by atoms with van der Waals surface area (Å²) in [5.41, 5.74) is 11.9. The SMILES string of the molecule is CON(C)C(=O)N1CCC(NCc2nc3c(-c4cnc5ccc(C)cc5c4)cnn3c(N)c2Br)CC1. The van der Waals surface area contributed by atoms with E-state index in [1.807, 2.05) is 12.3 Å². The Morgan fingerprint density at radius 2 is 2.06 bits per heavy atom. The molecule has 1 aliphatic heterocycles. The van der Waals surface area contributed by atoms with Crippen LogP contribution in [0.1, 0.15) is 24.1 Å². The molecule has 1 aromatic carbocycles. The molecule has 3 aromatic heterocycles. The average molecular weight is 553 g/mol. The predicted molar refractivity (Wildman–Crippen MR) is 142 cm³/mol. The molecule has 10 nitrogen and oxygen atoms in total. The van der Waals surface area contributed by atoms with Crippen molar-refractivity contribution < 1.29 is 9.63 Å². The van der Waals surface area contributed by atoms with Crippen molar-refractivity contribution in [3.8, 4) is 11.1 Å². The van der Waals surface area contributed by atoms with E-state index >= 15 is 0 Å². The quantitative estimate of drug-likeness (QED) is 0.362. The third-order valence-electron chi connectivity index (χ3n) is 6.71. The zero-order valence-corrected chi connectivity index (χ0v) is 22.1. The molecule has 1 saturated heterocycles. The number of hydrogen-bond acceptors (Lipinski definition) is 7. The van der Waals surface area contributed by atoms with E-state index in [9.17, 15) is 4.79 Å². The van der Waals surface area contributed by atoms with Crippen molar-refractivity contribution in [1.29, 1.82) is 0 Å². The van der Waals surface area contributed by atoms with Gasteiger partial charge in [-0.2, -0.15) is 9.61 Å². The van der Waals surface area contributed by atoms with Crippen molar-refractivity contribution in [2.45, 2.75) is 32.4 Å². The lowest BCUT2D eigenvalue weighted by molar-refractivity contribution is -0.0774. The number of anilines is 1. The topological polar surface area (TPSA) is 114 Å². The summed E-state index contributed by atoms with van der Waals surface area (Å²) in [6.45, 7) is 3.94. The molecule has 3 N–H and O–H groups in total. The predicted octanol–water partition coefficient (Wildman–Crippen LogP) is 3.76. The summed E-state index contributed by atoms with van der Waals surface area (Å²) < 4.78 is 2.37. The molecule has 0 bridgehead atoms. The van der Waals surface area contributed by atoms with Crippen molar-refractivity contribution in [2.24, 2.45) is 0 Å². The van der Waals surface area contributed by atoms with Gasteiger partial charge < -0.3 is 16.0 Å². The Hall–Kier alpha value is -3.28. The zero-order valence-electron chi connectivity index (χ0n) is 20.5. The van der Waals surface area contributed by atoms with Crippen LogP contribution in [-0.4, -0.2) is 68.9 Å². The highest BCUT2D eigenvalue weighted by molar-refractivity contribution is 9.10. The maximum Gasteiger partial charge on any atom is 0.343 e. The van der Waals surface area contributed by atoms with Crippen molar-refractivity contribution in [2.75, 3.05) is 33.0 Å². The molecular formula is C25H29BrN8O2. The summed E-state index contributed by atoms with van der Waals surface area (Å²) >= 11 is 3.61. The fourth-order valence-corrected chi connectivity index (χ4v) is 4.95. The van der Waals surface area contributed by atoms with Crippen LogP contribution in [0.5, 0.6) is 0 Å². The van der Waals surface area contributed by atoms with Crippen molar-refractivity contribution >= 4 is 44.3 Å². The number of amides is 2. The maximum atomic E-state index is 12.3. The number of aromatic nitrogens is 4. The fourth-order valence-electron chi connectivity index (χ4n) is 4.56. The van der Waals surface area contributed by atoms with Gasteiger partial charge in [-0.1, -0.05) is 11.6 Å². The van der Waals surface area contributed by atoms with Gasteiger partial charge in [0.15, 0.2) is 5.65 Å². The van der Waals surface area contributed by atoms with E-state index in [1.165, 1.54) is 17.7 Å². The van der Waals surface area contributed by atoms with Gasteiger partial charge in [-0.25, -0.2) is 14.8 Å². The van der Waals surface area contributed by atoms with Crippen LogP contribution in [-0.2, 0) is 11.4 Å². The smallest absolute Gasteiger partial charge is 0.343 e. The third-order valence-corrected chi connectivity index (χ3v) is 7.57. The summed E-state index contributed by atoms with van der Waals surface area (Å²) in [5.74, 6) is 0.496. The summed E-state index contributed by atoms with van der Waals surface area (Å²) in [4.78, 5) is 28.7. The molecule has 0 atom stereocenters. The first-order valence-electron chi connectivity index (χ1n) is 11.8. The highest BCUT2D eigenvalue weighted by atomic mass is 79.9. The van der Waals surface area contributed by atoms with Crippen LogP contribution in [0.2, 0.25) is 0 Å². The van der Waals surface area contributed by atoms with Gasteiger partial charge in [0.05, 0.1) is 29.0 Å². The van der Waals surface area contributed by atoms with Crippen molar-refractivity contribution in [1.82, 2.24) is 34.9 Å². The number of pyridine rings is 1. The maximum absolute atomic E-state index is 12.3. The number of aryl methyl sites for hydroxylation is 1. The van der Waals surface area contributed by atoms with Crippen LogP contribution in [0.25, 0.3) is 27.7 Å². The number of carbonyl (C=O) groups is 1. The van der Waals surface area contributed by atoms with E-state index in [-0.39, 0.29) is 12.1 Å². The fraction of sp³-hybridized carbons (Fsp3) is 0.360. The highest BCUT2D eigenvalue weighted by Gasteiger charge is 2.25. The summed E-state index contributed by atoms with van der Waals surface area (Å²) in [6, 6.07) is 8.47. The molecule has 1 fully saturated rings. The minimum Gasteiger partial charge on any atom is -0.383 e. The molecule has 188 valence electrons. The van der Waals surface area contributed by atoms with Gasteiger partial charge >= 0.3 is 6.03 Å². The number of hydrogen-bond donors (Lipinski definition) is 2. The molecule has 5 rings (SSSR count). The largest absolute Gasteiger partial charge is 0.383 e. The van der Waals surface area contributed by atoms with Crippen molar-refractivity contribution in [3.63, 3.8) is 0 Å². The minimum atomic E-state index is -0.120. The number of rotatable bonds is 5. The van der Waals surface area contributed by atoms with Gasteiger partial charge in [0.2, 0.25) is 0 Å². The number of fused-ring (bicyclic) bond motifs is 2. The number of urea groups is 1. The molecule has 0 radical (unpaired) electrons. The number of benzene rings is 1. The van der Waals surface area contributed by atoms with Gasteiger partial charge in [-0.05, 0) is 53.9 Å². The molecule has 0 spiro atoms. The molecule has 4 heterocycles. The highest BCUT2D eigenvalue weighted by Crippen LogP contribution is 2.31. The second kappa shape index (κ2) is 10.00. The number of likely N-dealkylation sites (tertiary alicyclic amines) is 1. The lowest BCUT2D eigenvalue weighted by Gasteiger charge is -2.34. The molecule has 0 aliphatic carbocycles. The van der Waals surface area contributed by atoms with Crippen LogP contribution in [0.4, 0.5) is 10.6 Å². The van der Waals surface area contributed by atoms with Gasteiger partial charge in [0, 0.05) is 55.4 Å². The molecule has 4 aromatic rings. The molecule has 11 heteroatoms. The van der Waals surface area contributed by atoms with E-state index in [0.717, 1.165) is 45.0 Å². The molecule has 0 saturated carbocycles. The van der Waals surface area contributed by atoms with Gasteiger partial charge in [-0.15, -0.1) is 0 Å². The first kappa shape index (κ1) is 24.4. The second-order valence-electron chi connectivity index (χ2n) is 9.08. The first-order valence-corrected chi connectivity index (χ1v) is 12.6. The number of nitrogens with two attached hydrogens (primary N) is 1. The number of halogens is 1. The number of nitrogens with one attached hydrogen (secondary N) is 1. The Kier molecular flexibility index (Phi) is 6.78. The molecule has 1 aliphatic rings. The van der Waals surface area contributed by atoms with Gasteiger partial charge in [-0.3, -0.25) is 9.82 Å². The van der Waals surface area contributed by atoms with E-state index in [1.54, 1.807) is 22.7 Å². The Morgan fingerprint density at radius 3 is 2.81 bits per heavy atom. The van der Waals surface area contributed by atoms with Crippen LogP contribution in [0.15, 0.2) is 41.1 Å². The van der Waals surface area contributed by atoms with Gasteiger partial charge in [0.1, 0.15) is 5.82 Å². The van der Waals surface area contributed by atoms with Crippen LogP contribution < -0.4 is 11.1 Å². The van der Waals surface area contributed by atoms with Crippen LogP contribution in [0, 0.1) is 6.92 Å². The summed E-state index contributed by atoms with van der Waals surface area (Å²) in [6.07, 6.45) is 5.32. The Bertz CT molecular complexity index is 1430. The van der Waals surface area contributed by atoms with Crippen LogP contribution >= 0.6 is 15.9 Å². The Labute approximate surface area is 217 Å². The Morgan fingerprint density at radius 1 is 1.28 bits per heavy atom. The lowest BCUT2D eigenvalue weighted by Crippen LogP contribution is -2.48. The number of carbonyl (C=O) groups excluding carboxylic acids is 1. The molecule has 0 unspecified atom stereocenters. The third kappa shape index (κ3) is 4.61. The zero-order chi connectivity index (χ0) is 25.4. The molecule has 2 amide bonds. The molecular weight excluding hydrogens is 524 g/mol.